The van der Waals surface area contributed by atoms with Crippen LogP contribution in [0.2, 0.25) is 0 Å². The second-order valence-corrected chi connectivity index (χ2v) is 5.55. The van der Waals surface area contributed by atoms with Crippen LogP contribution >= 0.6 is 0 Å². The SMILES string of the molecule is CCCC(O)c1ccnc(OCC2CCCCC2)c1. The lowest BCUT2D eigenvalue weighted by molar-refractivity contribution is 0.164. The molecule has 0 spiro atoms. The molecule has 1 heterocycles. The number of aromatic nitrogens is 1. The quantitative estimate of drug-likeness (QED) is 0.847. The molecule has 1 saturated carbocycles. The van der Waals surface area contributed by atoms with Crippen LogP contribution in [-0.2, 0) is 0 Å². The molecule has 19 heavy (non-hydrogen) atoms. The molecule has 3 heteroatoms. The van der Waals surface area contributed by atoms with E-state index in [0.29, 0.717) is 11.8 Å². The minimum Gasteiger partial charge on any atom is -0.477 e. The Morgan fingerprint density at radius 3 is 2.89 bits per heavy atom. The molecule has 1 unspecified atom stereocenters. The van der Waals surface area contributed by atoms with Crippen molar-refractivity contribution in [3.63, 3.8) is 0 Å². The van der Waals surface area contributed by atoms with E-state index in [4.69, 9.17) is 4.74 Å². The number of rotatable bonds is 6. The van der Waals surface area contributed by atoms with Crippen LogP contribution < -0.4 is 4.74 Å². The van der Waals surface area contributed by atoms with Gasteiger partial charge in [-0.25, -0.2) is 4.98 Å². The van der Waals surface area contributed by atoms with Gasteiger partial charge in [0.2, 0.25) is 5.88 Å². The van der Waals surface area contributed by atoms with Crippen LogP contribution in [0.5, 0.6) is 5.88 Å². The first-order valence-corrected chi connectivity index (χ1v) is 7.56. The molecular weight excluding hydrogens is 238 g/mol. The van der Waals surface area contributed by atoms with E-state index in [1.54, 1.807) is 6.20 Å². The largest absolute Gasteiger partial charge is 0.477 e. The average molecular weight is 263 g/mol. The van der Waals surface area contributed by atoms with Gasteiger partial charge in [0.1, 0.15) is 0 Å². The van der Waals surface area contributed by atoms with E-state index in [1.165, 1.54) is 32.1 Å². The van der Waals surface area contributed by atoms with Gasteiger partial charge in [0, 0.05) is 12.3 Å². The monoisotopic (exact) mass is 263 g/mol. The Labute approximate surface area is 116 Å². The molecule has 3 nitrogen and oxygen atoms in total. The van der Waals surface area contributed by atoms with Crippen LogP contribution in [0.3, 0.4) is 0 Å². The van der Waals surface area contributed by atoms with Gasteiger partial charge in [0.15, 0.2) is 0 Å². The van der Waals surface area contributed by atoms with Crippen molar-refractivity contribution >= 4 is 0 Å². The molecule has 0 aliphatic heterocycles. The molecule has 1 aliphatic carbocycles. The van der Waals surface area contributed by atoms with Gasteiger partial charge in [-0.1, -0.05) is 32.6 Å². The summed E-state index contributed by atoms with van der Waals surface area (Å²) >= 11 is 0. The average Bonchev–Trinajstić information content (AvgIpc) is 2.47. The fourth-order valence-electron chi connectivity index (χ4n) is 2.71. The van der Waals surface area contributed by atoms with Crippen molar-refractivity contribution in [1.82, 2.24) is 4.98 Å². The fraction of sp³-hybridized carbons (Fsp3) is 0.688. The molecule has 1 atom stereocenters. The maximum Gasteiger partial charge on any atom is 0.213 e. The van der Waals surface area contributed by atoms with Gasteiger partial charge in [0.05, 0.1) is 12.7 Å². The van der Waals surface area contributed by atoms with E-state index in [0.717, 1.165) is 25.0 Å². The summed E-state index contributed by atoms with van der Waals surface area (Å²) in [5.41, 5.74) is 0.912. The molecule has 1 fully saturated rings. The van der Waals surface area contributed by atoms with E-state index < -0.39 is 6.10 Å². The maximum atomic E-state index is 9.98. The number of hydrogen-bond acceptors (Lipinski definition) is 3. The molecular formula is C16H25NO2. The lowest BCUT2D eigenvalue weighted by Gasteiger charge is -2.21. The van der Waals surface area contributed by atoms with E-state index in [-0.39, 0.29) is 0 Å². The Kier molecular flexibility index (Phi) is 5.64. The minimum absolute atomic E-state index is 0.398. The molecule has 106 valence electrons. The van der Waals surface area contributed by atoms with Gasteiger partial charge in [-0.3, -0.25) is 0 Å². The summed E-state index contributed by atoms with van der Waals surface area (Å²) in [7, 11) is 0. The van der Waals surface area contributed by atoms with Crippen LogP contribution in [0.1, 0.15) is 63.5 Å². The third kappa shape index (κ3) is 4.50. The fourth-order valence-corrected chi connectivity index (χ4v) is 2.71. The van der Waals surface area contributed by atoms with Crippen molar-refractivity contribution in [3.05, 3.63) is 23.9 Å². The second kappa shape index (κ2) is 7.49. The molecule has 1 N–H and O–H groups in total. The number of pyridine rings is 1. The molecule has 2 rings (SSSR count). The predicted octanol–water partition coefficient (Wildman–Crippen LogP) is 3.87. The highest BCUT2D eigenvalue weighted by molar-refractivity contribution is 5.22. The van der Waals surface area contributed by atoms with E-state index in [1.807, 2.05) is 12.1 Å². The Bertz CT molecular complexity index is 375. The van der Waals surface area contributed by atoms with Crippen LogP contribution in [-0.4, -0.2) is 16.7 Å². The normalized spacial score (nSPS) is 18.2. The molecule has 1 aromatic rings. The third-order valence-corrected chi connectivity index (χ3v) is 3.90. The van der Waals surface area contributed by atoms with E-state index in [2.05, 4.69) is 11.9 Å². The van der Waals surface area contributed by atoms with Gasteiger partial charge in [-0.05, 0) is 36.8 Å². The van der Waals surface area contributed by atoms with Crippen molar-refractivity contribution in [2.75, 3.05) is 6.61 Å². The van der Waals surface area contributed by atoms with Crippen molar-refractivity contribution < 1.29 is 9.84 Å². The zero-order valence-electron chi connectivity index (χ0n) is 11.8. The summed E-state index contributed by atoms with van der Waals surface area (Å²) in [5, 5.41) is 9.98. The zero-order chi connectivity index (χ0) is 13.5. The first-order chi connectivity index (χ1) is 9.29. The molecule has 0 bridgehead atoms. The van der Waals surface area contributed by atoms with E-state index in [9.17, 15) is 5.11 Å². The van der Waals surface area contributed by atoms with Crippen LogP contribution in [0, 0.1) is 5.92 Å². The van der Waals surface area contributed by atoms with Crippen LogP contribution in [0.4, 0.5) is 0 Å². The standard InChI is InChI=1S/C16H25NO2/c1-2-6-15(18)14-9-10-17-16(11-14)19-12-13-7-4-3-5-8-13/h9-11,13,15,18H,2-8,12H2,1H3. The topological polar surface area (TPSA) is 42.4 Å². The number of hydrogen-bond donors (Lipinski definition) is 1. The number of ether oxygens (including phenoxy) is 1. The predicted molar refractivity (Wildman–Crippen MR) is 76.2 cm³/mol. The Morgan fingerprint density at radius 2 is 2.16 bits per heavy atom. The van der Waals surface area contributed by atoms with Crippen LogP contribution in [0.15, 0.2) is 18.3 Å². The van der Waals surface area contributed by atoms with Crippen LogP contribution in [0.25, 0.3) is 0 Å². The van der Waals surface area contributed by atoms with Gasteiger partial charge in [0.25, 0.3) is 0 Å². The highest BCUT2D eigenvalue weighted by Crippen LogP contribution is 2.25. The first kappa shape index (κ1) is 14.3. The third-order valence-electron chi connectivity index (χ3n) is 3.90. The van der Waals surface area contributed by atoms with Gasteiger partial charge in [-0.15, -0.1) is 0 Å². The summed E-state index contributed by atoms with van der Waals surface area (Å²) in [6.45, 7) is 2.84. The molecule has 0 radical (unpaired) electrons. The highest BCUT2D eigenvalue weighted by Gasteiger charge is 2.14. The summed E-state index contributed by atoms with van der Waals surface area (Å²) in [4.78, 5) is 4.23. The summed E-state index contributed by atoms with van der Waals surface area (Å²) in [6, 6.07) is 3.75. The summed E-state index contributed by atoms with van der Waals surface area (Å²) in [6.07, 6.45) is 9.67. The summed E-state index contributed by atoms with van der Waals surface area (Å²) in [5.74, 6) is 1.33. The lowest BCUT2D eigenvalue weighted by Crippen LogP contribution is -2.15. The molecule has 1 aliphatic rings. The van der Waals surface area contributed by atoms with Crippen molar-refractivity contribution in [1.29, 1.82) is 0 Å². The smallest absolute Gasteiger partial charge is 0.213 e. The number of nitrogens with zero attached hydrogens (tertiary/aromatic N) is 1. The zero-order valence-corrected chi connectivity index (χ0v) is 11.8. The highest BCUT2D eigenvalue weighted by atomic mass is 16.5. The number of aliphatic hydroxyl groups is 1. The molecule has 1 aromatic heterocycles. The minimum atomic E-state index is -0.398. The Morgan fingerprint density at radius 1 is 1.37 bits per heavy atom. The molecule has 0 saturated heterocycles. The van der Waals surface area contributed by atoms with Gasteiger partial charge in [-0.2, -0.15) is 0 Å². The maximum absolute atomic E-state index is 9.98. The van der Waals surface area contributed by atoms with Gasteiger partial charge >= 0.3 is 0 Å². The van der Waals surface area contributed by atoms with E-state index >= 15 is 0 Å². The lowest BCUT2D eigenvalue weighted by atomic mass is 9.90. The Balaban J connectivity index is 1.87. The van der Waals surface area contributed by atoms with Crippen molar-refractivity contribution in [2.45, 2.75) is 58.0 Å². The number of aliphatic hydroxyl groups excluding tert-OH is 1. The summed E-state index contributed by atoms with van der Waals surface area (Å²) < 4.78 is 5.79. The van der Waals surface area contributed by atoms with Gasteiger partial charge < -0.3 is 9.84 Å². The second-order valence-electron chi connectivity index (χ2n) is 5.55. The van der Waals surface area contributed by atoms with Crippen molar-refractivity contribution in [2.24, 2.45) is 5.92 Å². The Hall–Kier alpha value is -1.09. The first-order valence-electron chi connectivity index (χ1n) is 7.56. The van der Waals surface area contributed by atoms with Crippen molar-refractivity contribution in [3.8, 4) is 5.88 Å². The molecule has 0 amide bonds. The molecule has 0 aromatic carbocycles.